The van der Waals surface area contributed by atoms with E-state index in [2.05, 4.69) is 32.2 Å². The first-order chi connectivity index (χ1) is 12.7. The monoisotopic (exact) mass is 488 g/mol. The molecule has 2 aliphatic heterocycles. The lowest BCUT2D eigenvalue weighted by atomic mass is 9.68. The average molecular weight is 488 g/mol. The summed E-state index contributed by atoms with van der Waals surface area (Å²) in [6.07, 6.45) is 5.50. The zero-order valence-electron chi connectivity index (χ0n) is 16.6. The van der Waals surface area contributed by atoms with Crippen molar-refractivity contribution in [2.45, 2.75) is 38.6 Å². The van der Waals surface area contributed by atoms with Crippen molar-refractivity contribution < 1.29 is 9.15 Å². The van der Waals surface area contributed by atoms with Crippen molar-refractivity contribution in [2.24, 2.45) is 10.4 Å². The highest BCUT2D eigenvalue weighted by Crippen LogP contribution is 2.47. The molecule has 4 rings (SSSR count). The molecule has 0 radical (unpaired) electrons. The van der Waals surface area contributed by atoms with E-state index in [-0.39, 0.29) is 30.0 Å². The molecule has 0 aromatic carbocycles. The second-order valence-corrected chi connectivity index (χ2v) is 8.07. The second kappa shape index (κ2) is 9.13. The van der Waals surface area contributed by atoms with Crippen LogP contribution in [0, 0.1) is 12.3 Å². The fourth-order valence-corrected chi connectivity index (χ4v) is 4.65. The lowest BCUT2D eigenvalue weighted by molar-refractivity contribution is 0.0123. The fourth-order valence-electron chi connectivity index (χ4n) is 4.65. The van der Waals surface area contributed by atoms with Gasteiger partial charge >= 0.3 is 0 Å². The lowest BCUT2D eigenvalue weighted by Crippen LogP contribution is -2.47. The Kier molecular flexibility index (Phi) is 7.08. The van der Waals surface area contributed by atoms with Gasteiger partial charge < -0.3 is 19.4 Å². The van der Waals surface area contributed by atoms with Gasteiger partial charge in [-0.2, -0.15) is 0 Å². The summed E-state index contributed by atoms with van der Waals surface area (Å²) in [6.45, 7) is 8.57. The first-order valence-electron chi connectivity index (χ1n) is 10.0. The van der Waals surface area contributed by atoms with E-state index in [9.17, 15) is 0 Å². The summed E-state index contributed by atoms with van der Waals surface area (Å²) >= 11 is 0. The number of morpholine rings is 1. The molecule has 1 saturated carbocycles. The molecule has 1 spiro atoms. The van der Waals surface area contributed by atoms with Crippen molar-refractivity contribution in [3.8, 4) is 0 Å². The summed E-state index contributed by atoms with van der Waals surface area (Å²) in [4.78, 5) is 9.47. The van der Waals surface area contributed by atoms with E-state index in [0.29, 0.717) is 5.41 Å². The third-order valence-corrected chi connectivity index (χ3v) is 6.39. The smallest absolute Gasteiger partial charge is 0.193 e. The Balaban J connectivity index is 0.00000210. The number of guanidine groups is 1. The predicted octanol–water partition coefficient (Wildman–Crippen LogP) is 3.03. The maximum atomic E-state index is 5.97. The highest BCUT2D eigenvalue weighted by Gasteiger charge is 2.43. The minimum absolute atomic E-state index is 0. The maximum absolute atomic E-state index is 5.97. The molecule has 1 unspecified atom stereocenters. The van der Waals surface area contributed by atoms with Crippen LogP contribution in [0.4, 0.5) is 0 Å². The van der Waals surface area contributed by atoms with Gasteiger partial charge in [-0.25, -0.2) is 0 Å². The predicted molar refractivity (Wildman–Crippen MR) is 118 cm³/mol. The van der Waals surface area contributed by atoms with Crippen molar-refractivity contribution in [2.75, 3.05) is 53.0 Å². The topological polar surface area (TPSA) is 53.2 Å². The zero-order chi connectivity index (χ0) is 18.0. The molecule has 0 bridgehead atoms. The molecule has 1 aromatic rings. The van der Waals surface area contributed by atoms with Crippen molar-refractivity contribution in [1.82, 2.24) is 15.1 Å². The Hall–Kier alpha value is -0.800. The van der Waals surface area contributed by atoms with E-state index in [1.165, 1.54) is 25.7 Å². The normalized spacial score (nSPS) is 23.8. The van der Waals surface area contributed by atoms with Crippen molar-refractivity contribution in [3.05, 3.63) is 23.7 Å². The van der Waals surface area contributed by atoms with Gasteiger partial charge in [-0.1, -0.05) is 6.42 Å². The molecule has 1 aliphatic carbocycles. The van der Waals surface area contributed by atoms with Crippen LogP contribution in [-0.2, 0) is 4.74 Å². The van der Waals surface area contributed by atoms with Gasteiger partial charge in [-0.15, -0.1) is 24.0 Å². The number of aryl methyl sites for hydroxylation is 1. The first-order valence-corrected chi connectivity index (χ1v) is 10.0. The number of likely N-dealkylation sites (tertiary alicyclic amines) is 1. The molecule has 3 fully saturated rings. The summed E-state index contributed by atoms with van der Waals surface area (Å²) in [5, 5.41) is 3.64. The Labute approximate surface area is 179 Å². The molecule has 2 saturated heterocycles. The minimum Gasteiger partial charge on any atom is -0.465 e. The van der Waals surface area contributed by atoms with E-state index in [0.717, 1.165) is 63.4 Å². The van der Waals surface area contributed by atoms with Crippen LogP contribution in [0.1, 0.15) is 43.2 Å². The van der Waals surface area contributed by atoms with E-state index < -0.39 is 0 Å². The van der Waals surface area contributed by atoms with E-state index in [1.54, 1.807) is 0 Å². The number of hydrogen-bond donors (Lipinski definition) is 1. The number of ether oxygens (including phenoxy) is 1. The number of furan rings is 1. The van der Waals surface area contributed by atoms with Crippen LogP contribution in [-0.4, -0.2) is 68.7 Å². The van der Waals surface area contributed by atoms with Crippen molar-refractivity contribution in [3.63, 3.8) is 0 Å². The Morgan fingerprint density at radius 2 is 2.00 bits per heavy atom. The Morgan fingerprint density at radius 3 is 2.56 bits per heavy atom. The molecule has 1 N–H and O–H groups in total. The minimum atomic E-state index is 0. The van der Waals surface area contributed by atoms with Gasteiger partial charge in [-0.05, 0) is 43.7 Å². The Morgan fingerprint density at radius 1 is 1.22 bits per heavy atom. The third kappa shape index (κ3) is 4.62. The first kappa shape index (κ1) is 20.9. The molecule has 152 valence electrons. The molecule has 7 heteroatoms. The number of halogens is 1. The highest BCUT2D eigenvalue weighted by atomic mass is 127. The van der Waals surface area contributed by atoms with Crippen LogP contribution in [0.5, 0.6) is 0 Å². The quantitative estimate of drug-likeness (QED) is 0.401. The fraction of sp³-hybridized carbons (Fsp3) is 0.750. The van der Waals surface area contributed by atoms with Gasteiger partial charge in [0.15, 0.2) is 5.96 Å². The lowest BCUT2D eigenvalue weighted by Gasteiger charge is -2.38. The van der Waals surface area contributed by atoms with Crippen LogP contribution in [0.3, 0.4) is 0 Å². The van der Waals surface area contributed by atoms with E-state index >= 15 is 0 Å². The van der Waals surface area contributed by atoms with Gasteiger partial charge in [0.2, 0.25) is 0 Å². The van der Waals surface area contributed by atoms with Crippen LogP contribution >= 0.6 is 24.0 Å². The largest absolute Gasteiger partial charge is 0.465 e. The number of hydrogen-bond acceptors (Lipinski definition) is 4. The number of aliphatic imine (C=N–C) groups is 1. The standard InChI is InChI=1S/C20H32N4O2.HI/c1-16-4-5-18(26-16)17(23-10-12-25-13-11-23)14-22-19(21-2)24-9-8-20(15-24)6-3-7-20;/h4-5,17H,3,6-15H2,1-2H3,(H,21,22);1H. The molecule has 27 heavy (non-hydrogen) atoms. The number of rotatable bonds is 4. The van der Waals surface area contributed by atoms with Gasteiger partial charge in [0.05, 0.1) is 19.3 Å². The third-order valence-electron chi connectivity index (χ3n) is 6.39. The van der Waals surface area contributed by atoms with E-state index in [1.807, 2.05) is 14.0 Å². The molecule has 0 amide bonds. The summed E-state index contributed by atoms with van der Waals surface area (Å²) in [7, 11) is 1.90. The molecular formula is C20H33IN4O2. The van der Waals surface area contributed by atoms with Crippen LogP contribution in [0.25, 0.3) is 0 Å². The van der Waals surface area contributed by atoms with Crippen LogP contribution in [0.15, 0.2) is 21.5 Å². The van der Waals surface area contributed by atoms with Gasteiger partial charge in [0.1, 0.15) is 11.5 Å². The maximum Gasteiger partial charge on any atom is 0.193 e. The molecule has 1 atom stereocenters. The van der Waals surface area contributed by atoms with Gasteiger partial charge in [0.25, 0.3) is 0 Å². The average Bonchev–Trinajstić information content (AvgIpc) is 3.26. The summed E-state index contributed by atoms with van der Waals surface area (Å²) in [5.74, 6) is 3.04. The Bertz CT molecular complexity index is 638. The highest BCUT2D eigenvalue weighted by molar-refractivity contribution is 14.0. The molecule has 6 nitrogen and oxygen atoms in total. The molecule has 3 heterocycles. The summed E-state index contributed by atoms with van der Waals surface area (Å²) in [5.41, 5.74) is 0.583. The zero-order valence-corrected chi connectivity index (χ0v) is 18.9. The summed E-state index contributed by atoms with van der Waals surface area (Å²) in [6, 6.07) is 4.38. The second-order valence-electron chi connectivity index (χ2n) is 8.07. The molecule has 1 aromatic heterocycles. The summed E-state index contributed by atoms with van der Waals surface area (Å²) < 4.78 is 11.5. The van der Waals surface area contributed by atoms with Gasteiger partial charge in [0, 0.05) is 39.8 Å². The SMILES string of the molecule is CN=C(NCC(c1ccc(C)o1)N1CCOCC1)N1CCC2(CCC2)C1.I. The van der Waals surface area contributed by atoms with E-state index in [4.69, 9.17) is 9.15 Å². The van der Waals surface area contributed by atoms with Crippen molar-refractivity contribution in [1.29, 1.82) is 0 Å². The van der Waals surface area contributed by atoms with Crippen LogP contribution < -0.4 is 5.32 Å². The number of nitrogens with zero attached hydrogens (tertiary/aromatic N) is 3. The van der Waals surface area contributed by atoms with Crippen LogP contribution in [0.2, 0.25) is 0 Å². The number of nitrogens with one attached hydrogen (secondary N) is 1. The van der Waals surface area contributed by atoms with Gasteiger partial charge in [-0.3, -0.25) is 9.89 Å². The van der Waals surface area contributed by atoms with Crippen molar-refractivity contribution >= 4 is 29.9 Å². The molecule has 3 aliphatic rings. The molecular weight excluding hydrogens is 455 g/mol.